The average Bonchev–Trinajstić information content (AvgIpc) is 2.29. The van der Waals surface area contributed by atoms with Gasteiger partial charge in [-0.25, -0.2) is 0 Å². The Kier molecular flexibility index (Phi) is 3.31. The smallest absolute Gasteiger partial charge is 0.119 e. The van der Waals surface area contributed by atoms with Crippen molar-refractivity contribution >= 4 is 0 Å². The fourth-order valence-electron chi connectivity index (χ4n) is 1.52. The summed E-state index contributed by atoms with van der Waals surface area (Å²) in [4.78, 5) is 0. The van der Waals surface area contributed by atoms with Gasteiger partial charge >= 0.3 is 0 Å². The minimum atomic E-state index is -0.208. The van der Waals surface area contributed by atoms with E-state index in [2.05, 4.69) is 0 Å². The summed E-state index contributed by atoms with van der Waals surface area (Å²) in [5.74, 6) is 1.58. The summed E-state index contributed by atoms with van der Waals surface area (Å²) in [6, 6.07) is 7.39. The molecule has 1 saturated heterocycles. The molecule has 1 heterocycles. The fourth-order valence-corrected chi connectivity index (χ4v) is 1.52. The molecule has 0 amide bonds. The Morgan fingerprint density at radius 1 is 1.25 bits per heavy atom. The Hall–Kier alpha value is -1.26. The van der Waals surface area contributed by atoms with E-state index in [1.165, 1.54) is 0 Å². The molecular formula is C12H16O4. The van der Waals surface area contributed by atoms with Gasteiger partial charge in [0.1, 0.15) is 18.1 Å². The third kappa shape index (κ3) is 2.28. The Bertz CT molecular complexity index is 324. The van der Waals surface area contributed by atoms with E-state index in [0.717, 1.165) is 11.5 Å². The van der Waals surface area contributed by atoms with Crippen LogP contribution in [0, 0.1) is 5.41 Å². The number of benzene rings is 1. The molecule has 0 aliphatic carbocycles. The highest BCUT2D eigenvalue weighted by molar-refractivity contribution is 5.31. The second kappa shape index (κ2) is 4.72. The molecule has 4 nitrogen and oxygen atoms in total. The topological polar surface area (TPSA) is 47.9 Å². The largest absolute Gasteiger partial charge is 0.497 e. The predicted octanol–water partition coefficient (Wildman–Crippen LogP) is 1.08. The van der Waals surface area contributed by atoms with Gasteiger partial charge < -0.3 is 19.3 Å². The van der Waals surface area contributed by atoms with E-state index in [1.807, 2.05) is 24.3 Å². The van der Waals surface area contributed by atoms with E-state index in [-0.39, 0.29) is 12.0 Å². The third-order valence-electron chi connectivity index (χ3n) is 2.76. The van der Waals surface area contributed by atoms with Gasteiger partial charge in [-0.3, -0.25) is 0 Å². The summed E-state index contributed by atoms with van der Waals surface area (Å²) in [5, 5.41) is 9.22. The molecule has 88 valence electrons. The van der Waals surface area contributed by atoms with E-state index >= 15 is 0 Å². The maximum atomic E-state index is 9.22. The average molecular weight is 224 g/mol. The summed E-state index contributed by atoms with van der Waals surface area (Å²) in [6.07, 6.45) is 0. The van der Waals surface area contributed by atoms with Crippen molar-refractivity contribution in [3.63, 3.8) is 0 Å². The van der Waals surface area contributed by atoms with E-state index in [9.17, 15) is 5.11 Å². The molecule has 0 aromatic heterocycles. The molecule has 1 fully saturated rings. The molecule has 1 aromatic carbocycles. The van der Waals surface area contributed by atoms with Crippen molar-refractivity contribution < 1.29 is 19.3 Å². The number of rotatable bonds is 5. The molecule has 0 unspecified atom stereocenters. The number of ether oxygens (including phenoxy) is 3. The molecule has 1 aliphatic rings. The van der Waals surface area contributed by atoms with Crippen molar-refractivity contribution in [2.24, 2.45) is 5.41 Å². The first kappa shape index (κ1) is 11.2. The lowest BCUT2D eigenvalue weighted by atomic mass is 9.88. The predicted molar refractivity (Wildman–Crippen MR) is 58.8 cm³/mol. The standard InChI is InChI=1S/C12H16O4/c1-14-10-2-4-11(5-3-10)16-9-12(6-13)7-15-8-12/h2-5,13H,6-9H2,1H3. The Morgan fingerprint density at radius 2 is 1.88 bits per heavy atom. The highest BCUT2D eigenvalue weighted by Crippen LogP contribution is 2.28. The summed E-state index contributed by atoms with van der Waals surface area (Å²) >= 11 is 0. The summed E-state index contributed by atoms with van der Waals surface area (Å²) < 4.78 is 15.8. The van der Waals surface area contributed by atoms with Crippen molar-refractivity contribution in [1.29, 1.82) is 0 Å². The molecule has 0 spiro atoms. The third-order valence-corrected chi connectivity index (χ3v) is 2.76. The maximum absolute atomic E-state index is 9.22. The first-order valence-corrected chi connectivity index (χ1v) is 5.23. The zero-order valence-electron chi connectivity index (χ0n) is 9.31. The van der Waals surface area contributed by atoms with Gasteiger partial charge in [0.2, 0.25) is 0 Å². The Morgan fingerprint density at radius 3 is 2.31 bits per heavy atom. The second-order valence-electron chi connectivity index (χ2n) is 4.12. The lowest BCUT2D eigenvalue weighted by molar-refractivity contribution is -0.153. The van der Waals surface area contributed by atoms with Crippen LogP contribution in [0.25, 0.3) is 0 Å². The van der Waals surface area contributed by atoms with Gasteiger partial charge in [-0.1, -0.05) is 0 Å². The molecule has 2 rings (SSSR count). The molecule has 16 heavy (non-hydrogen) atoms. The van der Waals surface area contributed by atoms with Crippen molar-refractivity contribution in [1.82, 2.24) is 0 Å². The van der Waals surface area contributed by atoms with Crippen LogP contribution in [0.1, 0.15) is 0 Å². The van der Waals surface area contributed by atoms with Crippen LogP contribution < -0.4 is 9.47 Å². The summed E-state index contributed by atoms with van der Waals surface area (Å²) in [7, 11) is 1.63. The number of hydrogen-bond acceptors (Lipinski definition) is 4. The minimum absolute atomic E-state index is 0.100. The van der Waals surface area contributed by atoms with Crippen LogP contribution >= 0.6 is 0 Å². The highest BCUT2D eigenvalue weighted by atomic mass is 16.5. The summed E-state index contributed by atoms with van der Waals surface area (Å²) in [6.45, 7) is 1.72. The minimum Gasteiger partial charge on any atom is -0.497 e. The molecule has 0 radical (unpaired) electrons. The van der Waals surface area contributed by atoms with Gasteiger partial charge in [-0.05, 0) is 24.3 Å². The van der Waals surface area contributed by atoms with Crippen LogP contribution in [-0.2, 0) is 4.74 Å². The van der Waals surface area contributed by atoms with E-state index < -0.39 is 0 Å². The number of hydrogen-bond donors (Lipinski definition) is 1. The van der Waals surface area contributed by atoms with Crippen molar-refractivity contribution in [2.75, 3.05) is 33.5 Å². The molecule has 1 aromatic rings. The quantitative estimate of drug-likeness (QED) is 0.813. The maximum Gasteiger partial charge on any atom is 0.119 e. The van der Waals surface area contributed by atoms with Crippen LogP contribution in [0.4, 0.5) is 0 Å². The number of aliphatic hydroxyl groups excluding tert-OH is 1. The molecule has 1 N–H and O–H groups in total. The first-order valence-electron chi connectivity index (χ1n) is 5.23. The van der Waals surface area contributed by atoms with Gasteiger partial charge in [0.05, 0.1) is 32.3 Å². The van der Waals surface area contributed by atoms with Gasteiger partial charge in [0.15, 0.2) is 0 Å². The molecular weight excluding hydrogens is 208 g/mol. The zero-order chi connectivity index (χ0) is 11.4. The van der Waals surface area contributed by atoms with Crippen LogP contribution in [0.3, 0.4) is 0 Å². The Balaban J connectivity index is 1.89. The first-order chi connectivity index (χ1) is 7.78. The number of aliphatic hydroxyl groups is 1. The summed E-state index contributed by atoms with van der Waals surface area (Å²) in [5.41, 5.74) is -0.208. The van der Waals surface area contributed by atoms with E-state index in [1.54, 1.807) is 7.11 Å². The normalized spacial score (nSPS) is 17.6. The monoisotopic (exact) mass is 224 g/mol. The van der Waals surface area contributed by atoms with Gasteiger partial charge in [-0.2, -0.15) is 0 Å². The van der Waals surface area contributed by atoms with Crippen LogP contribution in [0.15, 0.2) is 24.3 Å². The van der Waals surface area contributed by atoms with Crippen LogP contribution in [-0.4, -0.2) is 38.6 Å². The van der Waals surface area contributed by atoms with Crippen molar-refractivity contribution in [2.45, 2.75) is 0 Å². The fraction of sp³-hybridized carbons (Fsp3) is 0.500. The van der Waals surface area contributed by atoms with Gasteiger partial charge in [0, 0.05) is 0 Å². The van der Waals surface area contributed by atoms with Crippen molar-refractivity contribution in [3.8, 4) is 11.5 Å². The van der Waals surface area contributed by atoms with E-state index in [4.69, 9.17) is 14.2 Å². The SMILES string of the molecule is COc1ccc(OCC2(CO)COC2)cc1. The molecule has 0 bridgehead atoms. The van der Waals surface area contributed by atoms with Crippen LogP contribution in [0.5, 0.6) is 11.5 Å². The Labute approximate surface area is 94.8 Å². The molecule has 0 atom stereocenters. The lowest BCUT2D eigenvalue weighted by Gasteiger charge is -2.39. The zero-order valence-corrected chi connectivity index (χ0v) is 9.31. The molecule has 0 saturated carbocycles. The highest BCUT2D eigenvalue weighted by Gasteiger charge is 2.39. The van der Waals surface area contributed by atoms with Gasteiger partial charge in [-0.15, -0.1) is 0 Å². The van der Waals surface area contributed by atoms with E-state index in [0.29, 0.717) is 19.8 Å². The number of methoxy groups -OCH3 is 1. The second-order valence-corrected chi connectivity index (χ2v) is 4.12. The van der Waals surface area contributed by atoms with Crippen LogP contribution in [0.2, 0.25) is 0 Å². The lowest BCUT2D eigenvalue weighted by Crippen LogP contribution is -2.49. The molecule has 4 heteroatoms. The molecule has 1 aliphatic heterocycles. The van der Waals surface area contributed by atoms with Crippen molar-refractivity contribution in [3.05, 3.63) is 24.3 Å². The van der Waals surface area contributed by atoms with Gasteiger partial charge in [0.25, 0.3) is 0 Å².